The van der Waals surface area contributed by atoms with E-state index in [1.54, 1.807) is 0 Å². The molecule has 0 rings (SSSR count). The van der Waals surface area contributed by atoms with Crippen LogP contribution in [0.2, 0.25) is 13.3 Å². The normalized spacial score (nSPS) is 13.5. The second-order valence-electron chi connectivity index (χ2n) is 10.8. The molecule has 0 aromatic heterocycles. The van der Waals surface area contributed by atoms with Crippen LogP contribution in [-0.4, -0.2) is 114 Å². The molecule has 0 aromatic rings. The van der Waals surface area contributed by atoms with Gasteiger partial charge < -0.3 is 0 Å². The first-order valence-electron chi connectivity index (χ1n) is 18.6. The fourth-order valence-corrected chi connectivity index (χ4v) is 37.6. The first-order valence-corrected chi connectivity index (χ1v) is 32.4. The van der Waals surface area contributed by atoms with Gasteiger partial charge in [0, 0.05) is 0 Å². The Labute approximate surface area is 302 Å². The fourth-order valence-electron chi connectivity index (χ4n) is 5.09. The molecule has 0 saturated heterocycles. The van der Waals surface area contributed by atoms with Crippen LogP contribution in [-0.2, 0) is 54.9 Å². The van der Waals surface area contributed by atoms with E-state index >= 15 is 0 Å². The summed E-state index contributed by atoms with van der Waals surface area (Å²) in [5.41, 5.74) is 0. The zero-order valence-corrected chi connectivity index (χ0v) is 39.4. The van der Waals surface area contributed by atoms with Gasteiger partial charge in [-0.3, -0.25) is 0 Å². The molecule has 0 fully saturated rings. The Bertz CT molecular complexity index is 722. The third kappa shape index (κ3) is 17.3. The summed E-state index contributed by atoms with van der Waals surface area (Å²) in [4.78, 5) is 0. The molecule has 0 heterocycles. The van der Waals surface area contributed by atoms with E-state index in [4.69, 9.17) is 54.9 Å². The van der Waals surface area contributed by atoms with E-state index in [0.29, 0.717) is 13.2 Å². The van der Waals surface area contributed by atoms with Crippen LogP contribution in [0.4, 0.5) is 0 Å². The maximum absolute atomic E-state index is 7.42. The molecule has 0 saturated carbocycles. The summed E-state index contributed by atoms with van der Waals surface area (Å²) in [6.45, 7) is 25.5. The third-order valence-corrected chi connectivity index (χ3v) is 36.1. The fraction of sp³-hybridized carbons (Fsp3) is 1.00. The van der Waals surface area contributed by atoms with E-state index < -0.39 is 55.0 Å². The molecule has 0 aromatic carbocycles. The van der Waals surface area contributed by atoms with Crippen molar-refractivity contribution in [2.45, 2.75) is 135 Å². The third-order valence-electron chi connectivity index (χ3n) is 6.94. The van der Waals surface area contributed by atoms with Crippen molar-refractivity contribution in [3.8, 4) is 0 Å². The molecule has 0 aliphatic heterocycles. The van der Waals surface area contributed by atoms with Crippen LogP contribution in [0.5, 0.6) is 0 Å². The van der Waals surface area contributed by atoms with E-state index in [-0.39, 0.29) is 46.2 Å². The molecule has 0 unspecified atom stereocenters. The van der Waals surface area contributed by atoms with Crippen molar-refractivity contribution in [3.63, 3.8) is 0 Å². The Morgan fingerprint density at radius 3 is 0.812 bits per heavy atom. The van der Waals surface area contributed by atoms with Crippen molar-refractivity contribution in [2.24, 2.45) is 0 Å². The van der Waals surface area contributed by atoms with Crippen molar-refractivity contribution in [2.75, 3.05) is 59.5 Å². The minimum absolute atomic E-state index is 0.185. The van der Waals surface area contributed by atoms with E-state index in [9.17, 15) is 0 Å². The van der Waals surface area contributed by atoms with Gasteiger partial charge in [0.1, 0.15) is 0 Å². The molecule has 0 N–H and O–H groups in total. The van der Waals surface area contributed by atoms with Crippen LogP contribution in [0.15, 0.2) is 0 Å². The molecular weight excluding hydrogens is 799 g/mol. The zero-order chi connectivity index (χ0) is 36.4. The second-order valence-corrected chi connectivity index (χ2v) is 32.8. The van der Waals surface area contributed by atoms with Gasteiger partial charge in [-0.2, -0.15) is 0 Å². The summed E-state index contributed by atoms with van der Waals surface area (Å²) in [6.07, 6.45) is 6.49. The van der Waals surface area contributed by atoms with E-state index in [2.05, 4.69) is 20.8 Å². The van der Waals surface area contributed by atoms with Gasteiger partial charge in [-0.15, -0.1) is 0 Å². The first-order chi connectivity index (χ1) is 23.1. The predicted molar refractivity (Wildman–Crippen MR) is 197 cm³/mol. The number of hydrogen-bond acceptors (Lipinski definition) is 13. The van der Waals surface area contributed by atoms with Crippen LogP contribution in [0.3, 0.4) is 0 Å². The van der Waals surface area contributed by atoms with E-state index in [1.165, 1.54) is 0 Å². The van der Waals surface area contributed by atoms with Crippen LogP contribution >= 0.6 is 0 Å². The van der Waals surface area contributed by atoms with Gasteiger partial charge in [0.15, 0.2) is 0 Å². The minimum atomic E-state index is -4.31. The zero-order valence-electron chi connectivity index (χ0n) is 32.5. The molecule has 0 radical (unpaired) electrons. The van der Waals surface area contributed by atoms with Crippen LogP contribution in [0.1, 0.15) is 122 Å². The Hall–Kier alpha value is 1.15. The number of rotatable bonds is 35. The van der Waals surface area contributed by atoms with Gasteiger partial charge >= 0.3 is 304 Å². The van der Waals surface area contributed by atoms with Crippen molar-refractivity contribution in [3.05, 3.63) is 0 Å². The maximum atomic E-state index is 7.42. The van der Waals surface area contributed by atoms with Crippen LogP contribution < -0.4 is 0 Å². The average molecular weight is 872 g/mol. The Morgan fingerprint density at radius 2 is 0.542 bits per heavy atom. The molecule has 0 aliphatic carbocycles. The topological polar surface area (TPSA) is 120 Å². The predicted octanol–water partition coefficient (Wildman–Crippen LogP) is 7.47. The molecule has 0 amide bonds. The molecule has 0 aliphatic rings. The summed E-state index contributed by atoms with van der Waals surface area (Å²) in [5.74, 6) is 0. The van der Waals surface area contributed by atoms with Gasteiger partial charge in [0.05, 0.1) is 0 Å². The molecule has 0 spiro atoms. The van der Waals surface area contributed by atoms with Gasteiger partial charge in [-0.25, -0.2) is 0 Å². The Morgan fingerprint density at radius 1 is 0.312 bits per heavy atom. The van der Waals surface area contributed by atoms with Gasteiger partial charge in [-0.1, -0.05) is 0 Å². The molecule has 48 heavy (non-hydrogen) atoms. The van der Waals surface area contributed by atoms with Gasteiger partial charge in [0.2, 0.25) is 0 Å². The summed E-state index contributed by atoms with van der Waals surface area (Å²) in [7, 11) is -16.4. The molecule has 0 bridgehead atoms. The summed E-state index contributed by atoms with van der Waals surface area (Å²) in [6, 6.07) is 0. The van der Waals surface area contributed by atoms with Gasteiger partial charge in [-0.05, 0) is 0 Å². The monoisotopic (exact) mass is 872 g/mol. The molecular formula is C30H72O13Si4Sn. The molecule has 18 heteroatoms. The molecule has 0 atom stereocenters. The Balaban J connectivity index is 7.48. The van der Waals surface area contributed by atoms with Crippen molar-refractivity contribution in [1.82, 2.24) is 0 Å². The second kappa shape index (κ2) is 27.7. The average Bonchev–Trinajstić information content (AvgIpc) is 3.03. The van der Waals surface area contributed by atoms with Crippen molar-refractivity contribution in [1.29, 1.82) is 0 Å². The molecule has 13 nitrogen and oxygen atoms in total. The SMILES string of the molecule is CCC[CH2][Sn]([CH2]CCC)([CH2]CCC)[O][Si](OCC)(OCC)O[Si](OCC)(OCC)O[Si](OCC)(OCC)O[Si](OCC)(OCC)OCC. The van der Waals surface area contributed by atoms with E-state index in [1.807, 2.05) is 62.3 Å². The van der Waals surface area contributed by atoms with Gasteiger partial charge in [0.25, 0.3) is 0 Å². The summed E-state index contributed by atoms with van der Waals surface area (Å²) >= 11 is -3.45. The van der Waals surface area contributed by atoms with Crippen molar-refractivity contribution >= 4 is 55.0 Å². The molecule has 290 valence electrons. The Kier molecular flexibility index (Phi) is 28.4. The van der Waals surface area contributed by atoms with Crippen LogP contribution in [0, 0.1) is 0 Å². The standard InChI is InChI=1S/C18H45O13Si4.3C4H9.Sn/c1-10-20-32(19,21-11-2)29-34(25-15-6,26-16-7)31-35(27-17-8,28-18-9)30-33(22-12-3,23-13-4)24-14-5;3*1-3-4-2;/h10-18H2,1-9H3;3*1,3-4H2,2H3;/q-1;;;;+1. The summed E-state index contributed by atoms with van der Waals surface area (Å²) in [5, 5.41) is 0. The quantitative estimate of drug-likeness (QED) is 0.0587. The van der Waals surface area contributed by atoms with Crippen molar-refractivity contribution < 1.29 is 54.9 Å². The van der Waals surface area contributed by atoms with Crippen LogP contribution in [0.25, 0.3) is 0 Å². The van der Waals surface area contributed by atoms with E-state index in [0.717, 1.165) is 51.8 Å². The summed E-state index contributed by atoms with van der Waals surface area (Å²) < 4.78 is 87.6. The number of unbranched alkanes of at least 4 members (excludes halogenated alkanes) is 3. The first kappa shape index (κ1) is 49.1. The number of hydrogen-bond donors (Lipinski definition) is 0.